The minimum Gasteiger partial charge on any atom is -0.370 e. The monoisotopic (exact) mass is 371 g/mol. The van der Waals surface area contributed by atoms with Gasteiger partial charge in [0.1, 0.15) is 17.5 Å². The summed E-state index contributed by atoms with van der Waals surface area (Å²) in [4.78, 5) is 18.1. The molecule has 0 spiro atoms. The molecule has 2 heterocycles. The van der Waals surface area contributed by atoms with Gasteiger partial charge in [0.15, 0.2) is 5.96 Å². The standard InChI is InChI=1S/C19H19F2N5O/c1-11-6-7-26(19(22)23)10-15(11)12-2-5-17(24-9-12)25-18(27)14-4-3-13(20)8-16(14)21/h2-5,8-9H,6-7,10H2,1H3,(H3,22,23)(H,24,25,27). The van der Waals surface area contributed by atoms with Crippen LogP contribution in [-0.4, -0.2) is 34.8 Å². The Morgan fingerprint density at radius 3 is 2.70 bits per heavy atom. The van der Waals surface area contributed by atoms with Gasteiger partial charge in [0.05, 0.1) is 5.56 Å². The average Bonchev–Trinajstić information content (AvgIpc) is 2.62. The molecule has 1 aromatic heterocycles. The van der Waals surface area contributed by atoms with E-state index < -0.39 is 17.5 Å². The summed E-state index contributed by atoms with van der Waals surface area (Å²) in [7, 11) is 0. The molecule has 1 amide bonds. The second-order valence-corrected chi connectivity index (χ2v) is 6.33. The van der Waals surface area contributed by atoms with E-state index in [-0.39, 0.29) is 17.3 Å². The van der Waals surface area contributed by atoms with E-state index in [0.717, 1.165) is 29.7 Å². The quantitative estimate of drug-likeness (QED) is 0.571. The summed E-state index contributed by atoms with van der Waals surface area (Å²) in [5, 5.41) is 10.1. The Labute approximate surface area is 155 Å². The van der Waals surface area contributed by atoms with E-state index >= 15 is 0 Å². The third-order valence-corrected chi connectivity index (χ3v) is 4.49. The molecule has 27 heavy (non-hydrogen) atoms. The van der Waals surface area contributed by atoms with Gasteiger partial charge in [-0.05, 0) is 48.7 Å². The summed E-state index contributed by atoms with van der Waals surface area (Å²) in [6.45, 7) is 3.25. The summed E-state index contributed by atoms with van der Waals surface area (Å²) < 4.78 is 26.7. The molecule has 0 unspecified atom stereocenters. The summed E-state index contributed by atoms with van der Waals surface area (Å²) >= 11 is 0. The van der Waals surface area contributed by atoms with Crippen LogP contribution in [0.5, 0.6) is 0 Å². The third kappa shape index (κ3) is 4.11. The van der Waals surface area contributed by atoms with Crippen LogP contribution in [0.25, 0.3) is 5.57 Å². The molecular weight excluding hydrogens is 352 g/mol. The van der Waals surface area contributed by atoms with E-state index in [2.05, 4.69) is 10.3 Å². The molecule has 1 aliphatic rings. The Morgan fingerprint density at radius 2 is 2.07 bits per heavy atom. The van der Waals surface area contributed by atoms with Crippen molar-refractivity contribution in [1.82, 2.24) is 9.88 Å². The zero-order valence-electron chi connectivity index (χ0n) is 14.7. The van der Waals surface area contributed by atoms with Crippen molar-refractivity contribution in [1.29, 1.82) is 5.41 Å². The van der Waals surface area contributed by atoms with E-state index in [1.165, 1.54) is 5.57 Å². The maximum absolute atomic E-state index is 13.7. The summed E-state index contributed by atoms with van der Waals surface area (Å²) in [5.41, 5.74) is 8.41. The minimum atomic E-state index is -0.934. The number of hydrogen-bond acceptors (Lipinski definition) is 3. The van der Waals surface area contributed by atoms with Gasteiger partial charge < -0.3 is 16.0 Å². The largest absolute Gasteiger partial charge is 0.370 e. The highest BCUT2D eigenvalue weighted by atomic mass is 19.1. The number of anilines is 1. The Morgan fingerprint density at radius 1 is 1.30 bits per heavy atom. The van der Waals surface area contributed by atoms with Crippen LogP contribution in [0.15, 0.2) is 42.1 Å². The molecule has 140 valence electrons. The van der Waals surface area contributed by atoms with Crippen LogP contribution in [0, 0.1) is 17.0 Å². The second kappa shape index (κ2) is 7.53. The van der Waals surface area contributed by atoms with Gasteiger partial charge in [-0.1, -0.05) is 5.57 Å². The number of guanidine groups is 1. The topological polar surface area (TPSA) is 95.1 Å². The lowest BCUT2D eigenvalue weighted by atomic mass is 9.96. The zero-order chi connectivity index (χ0) is 19.6. The van der Waals surface area contributed by atoms with Gasteiger partial charge in [-0.2, -0.15) is 0 Å². The van der Waals surface area contributed by atoms with Crippen molar-refractivity contribution in [3.8, 4) is 0 Å². The fourth-order valence-corrected chi connectivity index (χ4v) is 2.91. The molecule has 0 fully saturated rings. The number of nitrogens with one attached hydrogen (secondary N) is 2. The number of nitrogens with zero attached hydrogens (tertiary/aromatic N) is 2. The van der Waals surface area contributed by atoms with Gasteiger partial charge >= 0.3 is 0 Å². The molecule has 8 heteroatoms. The van der Waals surface area contributed by atoms with Gasteiger partial charge in [0.25, 0.3) is 5.91 Å². The fourth-order valence-electron chi connectivity index (χ4n) is 2.91. The maximum atomic E-state index is 13.7. The van der Waals surface area contributed by atoms with Gasteiger partial charge in [0.2, 0.25) is 0 Å². The number of rotatable bonds is 3. The first-order valence-electron chi connectivity index (χ1n) is 8.35. The van der Waals surface area contributed by atoms with Crippen LogP contribution in [0.1, 0.15) is 29.3 Å². The molecule has 0 atom stereocenters. The lowest BCUT2D eigenvalue weighted by Crippen LogP contribution is -2.40. The molecule has 0 saturated heterocycles. The highest BCUT2D eigenvalue weighted by molar-refractivity contribution is 6.04. The fraction of sp³-hybridized carbons (Fsp3) is 0.211. The molecule has 0 saturated carbocycles. The average molecular weight is 371 g/mol. The molecule has 1 aliphatic heterocycles. The SMILES string of the molecule is CC1=C(c2ccc(NC(=O)c3ccc(F)cc3F)nc2)CN(C(=N)N)CC1. The second-order valence-electron chi connectivity index (χ2n) is 6.33. The van der Waals surface area contributed by atoms with E-state index in [1.54, 1.807) is 23.2 Å². The van der Waals surface area contributed by atoms with Crippen LogP contribution in [0.4, 0.5) is 14.6 Å². The molecule has 0 bridgehead atoms. The number of nitrogens with two attached hydrogens (primary N) is 1. The van der Waals surface area contributed by atoms with Crippen LogP contribution in [0.3, 0.4) is 0 Å². The van der Waals surface area contributed by atoms with Gasteiger partial charge in [-0.3, -0.25) is 10.2 Å². The number of benzene rings is 1. The van der Waals surface area contributed by atoms with E-state index in [1.807, 2.05) is 6.92 Å². The van der Waals surface area contributed by atoms with Gasteiger partial charge in [0, 0.05) is 25.4 Å². The number of carbonyl (C=O) groups is 1. The van der Waals surface area contributed by atoms with Crippen LogP contribution in [-0.2, 0) is 0 Å². The first-order valence-corrected chi connectivity index (χ1v) is 8.35. The number of amides is 1. The van der Waals surface area contributed by atoms with E-state index in [0.29, 0.717) is 19.2 Å². The molecule has 3 rings (SSSR count). The molecular formula is C19H19F2N5O. The number of halogens is 2. The van der Waals surface area contributed by atoms with E-state index in [9.17, 15) is 13.6 Å². The van der Waals surface area contributed by atoms with Crippen LogP contribution < -0.4 is 11.1 Å². The Bertz CT molecular complexity index is 924. The number of hydrogen-bond donors (Lipinski definition) is 3. The smallest absolute Gasteiger partial charge is 0.259 e. The first-order chi connectivity index (χ1) is 12.8. The lowest BCUT2D eigenvalue weighted by molar-refractivity contribution is 0.102. The number of carbonyl (C=O) groups excluding carboxylic acids is 1. The van der Waals surface area contributed by atoms with Crippen molar-refractivity contribution < 1.29 is 13.6 Å². The number of aromatic nitrogens is 1. The third-order valence-electron chi connectivity index (χ3n) is 4.49. The van der Waals surface area contributed by atoms with Crippen LogP contribution in [0.2, 0.25) is 0 Å². The van der Waals surface area contributed by atoms with Crippen molar-refractivity contribution in [2.24, 2.45) is 5.73 Å². The molecule has 0 radical (unpaired) electrons. The first kappa shape index (κ1) is 18.5. The van der Waals surface area contributed by atoms with E-state index in [4.69, 9.17) is 11.1 Å². The highest BCUT2D eigenvalue weighted by Gasteiger charge is 2.19. The Hall–Kier alpha value is -3.29. The molecule has 2 aromatic rings. The maximum Gasteiger partial charge on any atom is 0.259 e. The minimum absolute atomic E-state index is 0.0261. The summed E-state index contributed by atoms with van der Waals surface area (Å²) in [6.07, 6.45) is 2.41. The zero-order valence-corrected chi connectivity index (χ0v) is 14.7. The summed E-state index contributed by atoms with van der Waals surface area (Å²) in [6, 6.07) is 6.17. The normalized spacial score (nSPS) is 14.3. The van der Waals surface area contributed by atoms with Crippen LogP contribution >= 0.6 is 0 Å². The Kier molecular flexibility index (Phi) is 5.16. The number of pyridine rings is 1. The van der Waals surface area contributed by atoms with Crippen molar-refractivity contribution in [2.45, 2.75) is 13.3 Å². The molecule has 6 nitrogen and oxygen atoms in total. The van der Waals surface area contributed by atoms with Crippen molar-refractivity contribution in [3.63, 3.8) is 0 Å². The predicted molar refractivity (Wildman–Crippen MR) is 99.2 cm³/mol. The van der Waals surface area contributed by atoms with Crippen molar-refractivity contribution >= 4 is 23.3 Å². The highest BCUT2D eigenvalue weighted by Crippen LogP contribution is 2.26. The molecule has 4 N–H and O–H groups in total. The Balaban J connectivity index is 1.75. The van der Waals surface area contributed by atoms with Gasteiger partial charge in [-0.15, -0.1) is 0 Å². The predicted octanol–water partition coefficient (Wildman–Crippen LogP) is 2.98. The van der Waals surface area contributed by atoms with Gasteiger partial charge in [-0.25, -0.2) is 13.8 Å². The molecule has 0 aliphatic carbocycles. The summed E-state index contributed by atoms with van der Waals surface area (Å²) in [5.74, 6) is -2.11. The lowest BCUT2D eigenvalue weighted by Gasteiger charge is -2.30. The van der Waals surface area contributed by atoms with Crippen molar-refractivity contribution in [2.75, 3.05) is 18.4 Å². The molecule has 1 aromatic carbocycles. The van der Waals surface area contributed by atoms with Crippen molar-refractivity contribution in [3.05, 3.63) is 64.9 Å².